The number of piperidine rings is 1. The van der Waals surface area contributed by atoms with Crippen LogP contribution in [0.1, 0.15) is 54.4 Å². The number of urea groups is 1. The van der Waals surface area contributed by atoms with E-state index in [1.54, 1.807) is 5.57 Å². The summed E-state index contributed by atoms with van der Waals surface area (Å²) in [6.07, 6.45) is 4.23. The highest BCUT2D eigenvalue weighted by Crippen LogP contribution is 2.34. The van der Waals surface area contributed by atoms with Gasteiger partial charge in [0.15, 0.2) is 0 Å². The number of rotatable bonds is 4. The van der Waals surface area contributed by atoms with Gasteiger partial charge in [-0.1, -0.05) is 41.5 Å². The number of allylic oxidation sites excluding steroid dienone is 1. The first-order valence-corrected chi connectivity index (χ1v) is 13.3. The van der Waals surface area contributed by atoms with Crippen molar-refractivity contribution in [1.29, 1.82) is 0 Å². The van der Waals surface area contributed by atoms with E-state index >= 15 is 0 Å². The maximum absolute atomic E-state index is 13.0. The van der Waals surface area contributed by atoms with E-state index in [0.717, 1.165) is 77.2 Å². The monoisotopic (exact) mass is 472 g/mol. The molecule has 0 radical (unpaired) electrons. The first kappa shape index (κ1) is 24.1. The minimum absolute atomic E-state index is 0.0335. The molecular weight excluding hydrogens is 432 g/mol. The highest BCUT2D eigenvalue weighted by Gasteiger charge is 2.25. The Morgan fingerprint density at radius 2 is 1.63 bits per heavy atom. The van der Waals surface area contributed by atoms with Crippen molar-refractivity contribution in [2.45, 2.75) is 45.4 Å². The summed E-state index contributed by atoms with van der Waals surface area (Å²) < 4.78 is 0. The summed E-state index contributed by atoms with van der Waals surface area (Å²) in [5, 5.41) is 3.18. The molecule has 0 unspecified atom stereocenters. The van der Waals surface area contributed by atoms with E-state index in [1.807, 2.05) is 4.90 Å². The van der Waals surface area contributed by atoms with Crippen molar-refractivity contribution in [2.24, 2.45) is 0 Å². The maximum atomic E-state index is 13.0. The third-order valence-corrected chi connectivity index (χ3v) is 8.33. The van der Waals surface area contributed by atoms with Crippen LogP contribution in [0.5, 0.6) is 0 Å². The van der Waals surface area contributed by atoms with Crippen LogP contribution in [0, 0.1) is 6.92 Å². The second-order valence-electron chi connectivity index (χ2n) is 10.8. The lowest BCUT2D eigenvalue weighted by atomic mass is 9.85. The molecule has 2 aliphatic heterocycles. The van der Waals surface area contributed by atoms with Gasteiger partial charge in [-0.25, -0.2) is 4.79 Å². The van der Waals surface area contributed by atoms with Gasteiger partial charge in [0.25, 0.3) is 0 Å². The molecule has 1 aliphatic carbocycles. The van der Waals surface area contributed by atoms with Crippen LogP contribution < -0.4 is 5.32 Å². The normalized spacial score (nSPS) is 20.1. The quantitative estimate of drug-likeness (QED) is 0.650. The molecule has 5 nitrogen and oxygen atoms in total. The molecule has 2 aromatic carbocycles. The largest absolute Gasteiger partial charge is 0.324 e. The van der Waals surface area contributed by atoms with E-state index < -0.39 is 0 Å². The van der Waals surface area contributed by atoms with E-state index in [0.29, 0.717) is 5.92 Å². The first-order chi connectivity index (χ1) is 17.0. The van der Waals surface area contributed by atoms with E-state index in [-0.39, 0.29) is 6.03 Å². The maximum Gasteiger partial charge on any atom is 0.321 e. The summed E-state index contributed by atoms with van der Waals surface area (Å²) in [4.78, 5) is 20.0. The Morgan fingerprint density at radius 1 is 0.914 bits per heavy atom. The first-order valence-electron chi connectivity index (χ1n) is 13.3. The Bertz CT molecular complexity index is 1070. The zero-order valence-electron chi connectivity index (χ0n) is 21.6. The number of benzene rings is 2. The van der Waals surface area contributed by atoms with Gasteiger partial charge in [-0.2, -0.15) is 0 Å². The molecule has 2 saturated heterocycles. The molecule has 3 aliphatic rings. The number of likely N-dealkylation sites (N-methyl/N-ethyl adjacent to an activating group) is 1. The number of amides is 2. The third kappa shape index (κ3) is 5.62. The highest BCUT2D eigenvalue weighted by molar-refractivity contribution is 5.90. The average Bonchev–Trinajstić information content (AvgIpc) is 2.87. The van der Waals surface area contributed by atoms with E-state index in [4.69, 9.17) is 0 Å². The van der Waals surface area contributed by atoms with Crippen molar-refractivity contribution in [3.8, 4) is 0 Å². The van der Waals surface area contributed by atoms with Crippen LogP contribution in [0.4, 0.5) is 10.5 Å². The third-order valence-electron chi connectivity index (χ3n) is 8.33. The SMILES string of the molecule is CC1=C(CN2CCN(C)CC2)CCc2cc(NC(=O)N3CCC(c4ccc(C)cc4)CC3)ccc21. The summed E-state index contributed by atoms with van der Waals surface area (Å²) in [6, 6.07) is 15.4. The van der Waals surface area contributed by atoms with Crippen LogP contribution in [0.15, 0.2) is 48.0 Å². The molecule has 5 heteroatoms. The van der Waals surface area contributed by atoms with Crippen molar-refractivity contribution < 1.29 is 4.79 Å². The second kappa shape index (κ2) is 10.5. The molecule has 2 fully saturated rings. The Hall–Kier alpha value is -2.63. The lowest BCUT2D eigenvalue weighted by Crippen LogP contribution is -2.45. The van der Waals surface area contributed by atoms with E-state index in [2.05, 4.69) is 78.5 Å². The molecule has 2 aromatic rings. The summed E-state index contributed by atoms with van der Waals surface area (Å²) in [6.45, 7) is 11.8. The van der Waals surface area contributed by atoms with Crippen molar-refractivity contribution in [2.75, 3.05) is 58.2 Å². The Morgan fingerprint density at radius 3 is 2.34 bits per heavy atom. The number of aryl methyl sites for hydroxylation is 2. The fraction of sp³-hybridized carbons (Fsp3) is 0.500. The molecule has 2 amide bonds. The number of hydrogen-bond acceptors (Lipinski definition) is 3. The molecule has 0 bridgehead atoms. The van der Waals surface area contributed by atoms with Crippen LogP contribution in [0.3, 0.4) is 0 Å². The number of fused-ring (bicyclic) bond motifs is 1. The topological polar surface area (TPSA) is 38.8 Å². The van der Waals surface area contributed by atoms with Gasteiger partial charge in [-0.3, -0.25) is 4.90 Å². The van der Waals surface area contributed by atoms with Gasteiger partial charge in [-0.05, 0) is 86.9 Å². The molecule has 5 rings (SSSR count). The van der Waals surface area contributed by atoms with Crippen LogP contribution in [0.25, 0.3) is 5.57 Å². The van der Waals surface area contributed by atoms with Gasteiger partial charge in [-0.15, -0.1) is 0 Å². The minimum atomic E-state index is 0.0335. The summed E-state index contributed by atoms with van der Waals surface area (Å²) >= 11 is 0. The molecule has 0 saturated carbocycles. The summed E-state index contributed by atoms with van der Waals surface area (Å²) in [5.41, 5.74) is 9.35. The van der Waals surface area contributed by atoms with Gasteiger partial charge < -0.3 is 15.1 Å². The predicted molar refractivity (Wildman–Crippen MR) is 145 cm³/mol. The molecule has 186 valence electrons. The average molecular weight is 473 g/mol. The van der Waals surface area contributed by atoms with Crippen molar-refractivity contribution in [3.63, 3.8) is 0 Å². The fourth-order valence-electron chi connectivity index (χ4n) is 5.84. The lowest BCUT2D eigenvalue weighted by molar-refractivity contribution is 0.163. The molecule has 0 atom stereocenters. The standard InChI is InChI=1S/C30H40N4O/c1-22-4-6-24(7-5-22)25-12-14-34(15-13-25)30(35)31-28-10-11-29-23(2)27(9-8-26(29)20-28)21-33-18-16-32(3)17-19-33/h4-7,10-11,20,25H,8-9,12-19,21H2,1-3H3,(H,31,35). The molecular formula is C30H40N4O. The zero-order valence-corrected chi connectivity index (χ0v) is 21.6. The number of likely N-dealkylation sites (tertiary alicyclic amines) is 1. The minimum Gasteiger partial charge on any atom is -0.324 e. The summed E-state index contributed by atoms with van der Waals surface area (Å²) in [7, 11) is 2.21. The van der Waals surface area contributed by atoms with Crippen molar-refractivity contribution >= 4 is 17.3 Å². The number of nitrogens with one attached hydrogen (secondary N) is 1. The van der Waals surface area contributed by atoms with Gasteiger partial charge in [0.2, 0.25) is 0 Å². The number of carbonyl (C=O) groups excluding carboxylic acids is 1. The van der Waals surface area contributed by atoms with Gasteiger partial charge in [0, 0.05) is 51.5 Å². The van der Waals surface area contributed by atoms with Gasteiger partial charge >= 0.3 is 6.03 Å². The summed E-state index contributed by atoms with van der Waals surface area (Å²) in [5.74, 6) is 0.554. The van der Waals surface area contributed by atoms with Crippen LogP contribution in [-0.2, 0) is 6.42 Å². The predicted octanol–water partition coefficient (Wildman–Crippen LogP) is 5.37. The van der Waals surface area contributed by atoms with Crippen LogP contribution in [0.2, 0.25) is 0 Å². The number of hydrogen-bond donors (Lipinski definition) is 1. The number of carbonyl (C=O) groups is 1. The Balaban J connectivity index is 1.17. The molecule has 0 aromatic heterocycles. The Kier molecular flexibility index (Phi) is 7.26. The smallest absolute Gasteiger partial charge is 0.321 e. The Labute approximate surface area is 210 Å². The fourth-order valence-corrected chi connectivity index (χ4v) is 5.84. The molecule has 35 heavy (non-hydrogen) atoms. The number of piperazine rings is 1. The zero-order chi connectivity index (χ0) is 24.4. The lowest BCUT2D eigenvalue weighted by Gasteiger charge is -2.34. The second-order valence-corrected chi connectivity index (χ2v) is 10.8. The van der Waals surface area contributed by atoms with Crippen LogP contribution >= 0.6 is 0 Å². The van der Waals surface area contributed by atoms with E-state index in [9.17, 15) is 4.79 Å². The van der Waals surface area contributed by atoms with Crippen molar-refractivity contribution in [3.05, 3.63) is 70.3 Å². The van der Waals surface area contributed by atoms with Gasteiger partial charge in [0.05, 0.1) is 0 Å². The van der Waals surface area contributed by atoms with Gasteiger partial charge in [0.1, 0.15) is 0 Å². The van der Waals surface area contributed by atoms with Crippen molar-refractivity contribution in [1.82, 2.24) is 14.7 Å². The highest BCUT2D eigenvalue weighted by atomic mass is 16.2. The van der Waals surface area contributed by atoms with Crippen LogP contribution in [-0.4, -0.2) is 73.6 Å². The molecule has 2 heterocycles. The number of anilines is 1. The van der Waals surface area contributed by atoms with E-state index in [1.165, 1.54) is 27.8 Å². The molecule has 0 spiro atoms. The molecule has 1 N–H and O–H groups in total. The number of nitrogens with zero attached hydrogens (tertiary/aromatic N) is 3.